The number of fused-ring (bicyclic) bond motifs is 1. The van der Waals surface area contributed by atoms with Crippen molar-refractivity contribution in [3.05, 3.63) is 35.9 Å². The number of terminal acetylenes is 1. The predicted molar refractivity (Wildman–Crippen MR) is 93.2 cm³/mol. The number of carbonyl (C=O) groups is 3. The molecule has 0 bridgehead atoms. The second-order valence-corrected chi connectivity index (χ2v) is 7.13. The van der Waals surface area contributed by atoms with Gasteiger partial charge in [-0.3, -0.25) is 9.59 Å². The molecule has 2 heterocycles. The Morgan fingerprint density at radius 3 is 2.88 bits per heavy atom. The molecule has 3 rings (SSSR count). The molecule has 0 saturated carbocycles. The molecule has 2 aliphatic rings. The Morgan fingerprint density at radius 1 is 1.40 bits per heavy atom. The Hall–Kier alpha value is -2.46. The number of rotatable bonds is 5. The smallest absolute Gasteiger partial charge is 0.330 e. The highest BCUT2D eigenvalue weighted by atomic mass is 32.2. The Bertz CT molecular complexity index is 730. The molecule has 1 aromatic rings. The number of nitrogens with one attached hydrogen (secondary N) is 1. The minimum Gasteiger partial charge on any atom is -0.454 e. The molecule has 2 amide bonds. The zero-order valence-electron chi connectivity index (χ0n) is 13.6. The van der Waals surface area contributed by atoms with Crippen molar-refractivity contribution in [2.45, 2.75) is 23.8 Å². The molecule has 0 radical (unpaired) electrons. The largest absolute Gasteiger partial charge is 0.454 e. The quantitative estimate of drug-likeness (QED) is 0.624. The van der Waals surface area contributed by atoms with E-state index in [0.717, 1.165) is 5.56 Å². The van der Waals surface area contributed by atoms with Crippen LogP contribution in [0, 0.1) is 12.3 Å². The number of hydrogen-bond donors (Lipinski definition) is 1. The lowest BCUT2D eigenvalue weighted by Gasteiger charge is -2.33. The van der Waals surface area contributed by atoms with Crippen LogP contribution in [0.1, 0.15) is 18.4 Å². The molecule has 7 heteroatoms. The van der Waals surface area contributed by atoms with Crippen LogP contribution in [0.15, 0.2) is 30.3 Å². The van der Waals surface area contributed by atoms with E-state index in [4.69, 9.17) is 11.2 Å². The maximum Gasteiger partial charge on any atom is 0.330 e. The van der Waals surface area contributed by atoms with Crippen LogP contribution in [0.4, 0.5) is 0 Å². The number of thioether (sulfide) groups is 1. The molecule has 1 N–H and O–H groups in total. The van der Waals surface area contributed by atoms with Crippen molar-refractivity contribution in [1.82, 2.24) is 10.2 Å². The highest BCUT2D eigenvalue weighted by Gasteiger charge is 2.57. The molecule has 1 aromatic carbocycles. The number of benzene rings is 1. The first-order chi connectivity index (χ1) is 12.1. The average Bonchev–Trinajstić information content (AvgIpc) is 3.18. The van der Waals surface area contributed by atoms with Gasteiger partial charge in [-0.05, 0) is 12.0 Å². The number of hydrogen-bond acceptors (Lipinski definition) is 5. The summed E-state index contributed by atoms with van der Waals surface area (Å²) in [6, 6.07) is 9.03. The third-order valence-electron chi connectivity index (χ3n) is 4.36. The SMILES string of the molecule is C#CCNC(=O)COC(=O)[C@@H]1CS[C@]2(c3ccccc3)CCC(=O)N12. The second-order valence-electron chi connectivity index (χ2n) is 5.83. The van der Waals surface area contributed by atoms with Gasteiger partial charge in [0.05, 0.1) is 6.54 Å². The minimum atomic E-state index is -0.680. The fraction of sp³-hybridized carbons (Fsp3) is 0.389. The fourth-order valence-electron chi connectivity index (χ4n) is 3.25. The van der Waals surface area contributed by atoms with Gasteiger partial charge in [-0.1, -0.05) is 36.3 Å². The average molecular weight is 358 g/mol. The summed E-state index contributed by atoms with van der Waals surface area (Å²) in [5, 5.41) is 2.43. The number of esters is 1. The first kappa shape index (κ1) is 17.4. The molecular formula is C18H18N2O4S. The maximum absolute atomic E-state index is 12.4. The van der Waals surface area contributed by atoms with E-state index in [9.17, 15) is 14.4 Å². The summed E-state index contributed by atoms with van der Waals surface area (Å²) in [7, 11) is 0. The monoisotopic (exact) mass is 358 g/mol. The molecule has 2 fully saturated rings. The van der Waals surface area contributed by atoms with E-state index in [1.165, 1.54) is 0 Å². The first-order valence-corrected chi connectivity index (χ1v) is 8.95. The van der Waals surface area contributed by atoms with Crippen molar-refractivity contribution in [2.75, 3.05) is 18.9 Å². The van der Waals surface area contributed by atoms with Crippen LogP contribution in [-0.2, 0) is 24.0 Å². The molecule has 6 nitrogen and oxygen atoms in total. The Morgan fingerprint density at radius 2 is 2.16 bits per heavy atom. The summed E-state index contributed by atoms with van der Waals surface area (Å²) in [6.07, 6.45) is 6.11. The third-order valence-corrected chi connectivity index (χ3v) is 5.95. The topological polar surface area (TPSA) is 75.7 Å². The van der Waals surface area contributed by atoms with Crippen LogP contribution in [0.2, 0.25) is 0 Å². The number of nitrogens with zero attached hydrogens (tertiary/aromatic N) is 1. The van der Waals surface area contributed by atoms with Crippen molar-refractivity contribution in [2.24, 2.45) is 0 Å². The second kappa shape index (κ2) is 7.19. The van der Waals surface area contributed by atoms with Crippen molar-refractivity contribution in [3.63, 3.8) is 0 Å². The normalized spacial score (nSPS) is 24.5. The van der Waals surface area contributed by atoms with Crippen molar-refractivity contribution in [3.8, 4) is 12.3 Å². The van der Waals surface area contributed by atoms with Crippen molar-refractivity contribution >= 4 is 29.5 Å². The molecule has 0 aromatic heterocycles. The van der Waals surface area contributed by atoms with Gasteiger partial charge in [-0.2, -0.15) is 0 Å². The Balaban J connectivity index is 1.72. The van der Waals surface area contributed by atoms with Crippen molar-refractivity contribution in [1.29, 1.82) is 0 Å². The number of carbonyl (C=O) groups excluding carboxylic acids is 3. The van der Waals surface area contributed by atoms with Crippen LogP contribution in [-0.4, -0.2) is 47.6 Å². The molecule has 25 heavy (non-hydrogen) atoms. The molecular weight excluding hydrogens is 340 g/mol. The number of amides is 2. The van der Waals surface area contributed by atoms with E-state index in [0.29, 0.717) is 18.6 Å². The van der Waals surface area contributed by atoms with Gasteiger partial charge in [0.25, 0.3) is 5.91 Å². The lowest BCUT2D eigenvalue weighted by atomic mass is 10.0. The van der Waals surface area contributed by atoms with Gasteiger partial charge >= 0.3 is 5.97 Å². The fourth-order valence-corrected chi connectivity index (χ4v) is 4.89. The van der Waals surface area contributed by atoms with Gasteiger partial charge in [0.2, 0.25) is 5.91 Å². The summed E-state index contributed by atoms with van der Waals surface area (Å²) in [5.41, 5.74) is 1.01. The van der Waals surface area contributed by atoms with Gasteiger partial charge in [0.1, 0.15) is 10.9 Å². The van der Waals surface area contributed by atoms with Crippen LogP contribution >= 0.6 is 11.8 Å². The summed E-state index contributed by atoms with van der Waals surface area (Å²) in [5.74, 6) is 1.64. The van der Waals surface area contributed by atoms with E-state index in [2.05, 4.69) is 11.2 Å². The van der Waals surface area contributed by atoms with Crippen LogP contribution in [0.3, 0.4) is 0 Å². The maximum atomic E-state index is 12.4. The highest BCUT2D eigenvalue weighted by Crippen LogP contribution is 2.54. The van der Waals surface area contributed by atoms with Gasteiger partial charge in [0.15, 0.2) is 6.61 Å². The zero-order valence-corrected chi connectivity index (χ0v) is 14.4. The van der Waals surface area contributed by atoms with E-state index in [1.807, 2.05) is 30.3 Å². The summed E-state index contributed by atoms with van der Waals surface area (Å²) in [4.78, 5) is 37.5. The summed E-state index contributed by atoms with van der Waals surface area (Å²) >= 11 is 1.58. The van der Waals surface area contributed by atoms with Gasteiger partial charge in [-0.15, -0.1) is 18.2 Å². The van der Waals surface area contributed by atoms with E-state index < -0.39 is 29.4 Å². The molecule has 0 unspecified atom stereocenters. The first-order valence-electron chi connectivity index (χ1n) is 7.97. The van der Waals surface area contributed by atoms with Crippen molar-refractivity contribution < 1.29 is 19.1 Å². The van der Waals surface area contributed by atoms with Gasteiger partial charge in [0, 0.05) is 12.2 Å². The molecule has 2 saturated heterocycles. The van der Waals surface area contributed by atoms with Gasteiger partial charge in [-0.25, -0.2) is 4.79 Å². The highest BCUT2D eigenvalue weighted by molar-refractivity contribution is 8.00. The lowest BCUT2D eigenvalue weighted by molar-refractivity contribution is -0.156. The van der Waals surface area contributed by atoms with E-state index in [-0.39, 0.29) is 12.5 Å². The standard InChI is InChI=1S/C18H18N2O4S/c1-2-10-19-15(21)11-24-17(23)14-12-25-18(9-8-16(22)20(14)18)13-6-4-3-5-7-13/h1,3-7,14H,8-12H2,(H,19,21)/t14-,18-/m0/s1. The minimum absolute atomic E-state index is 0.0624. The Labute approximate surface area is 150 Å². The van der Waals surface area contributed by atoms with Gasteiger partial charge < -0.3 is 15.0 Å². The summed E-state index contributed by atoms with van der Waals surface area (Å²) < 4.78 is 5.10. The Kier molecular flexibility index (Phi) is 5.00. The van der Waals surface area contributed by atoms with Crippen LogP contribution in [0.5, 0.6) is 0 Å². The van der Waals surface area contributed by atoms with Crippen LogP contribution in [0.25, 0.3) is 0 Å². The lowest BCUT2D eigenvalue weighted by Crippen LogP contribution is -2.47. The van der Waals surface area contributed by atoms with Crippen LogP contribution < -0.4 is 5.32 Å². The molecule has 0 spiro atoms. The predicted octanol–water partition coefficient (Wildman–Crippen LogP) is 0.870. The molecule has 2 aliphatic heterocycles. The van der Waals surface area contributed by atoms with E-state index in [1.54, 1.807) is 16.7 Å². The number of ether oxygens (including phenoxy) is 1. The molecule has 2 atom stereocenters. The summed E-state index contributed by atoms with van der Waals surface area (Å²) in [6.45, 7) is -0.320. The van der Waals surface area contributed by atoms with E-state index >= 15 is 0 Å². The zero-order chi connectivity index (χ0) is 17.9. The third kappa shape index (κ3) is 3.22. The molecule has 0 aliphatic carbocycles. The molecule has 130 valence electrons.